The van der Waals surface area contributed by atoms with E-state index in [0.29, 0.717) is 5.02 Å². The number of hydrogen-bond donors (Lipinski definition) is 0. The van der Waals surface area contributed by atoms with Crippen LogP contribution >= 0.6 is 23.2 Å². The first-order valence-corrected chi connectivity index (χ1v) is 13.0. The van der Waals surface area contributed by atoms with E-state index in [0.717, 1.165) is 19.3 Å². The summed E-state index contributed by atoms with van der Waals surface area (Å²) in [4.78, 5) is -0.0629. The van der Waals surface area contributed by atoms with Gasteiger partial charge in [-0.3, -0.25) is 4.18 Å². The summed E-state index contributed by atoms with van der Waals surface area (Å²) in [7, 11) is -3.85. The number of benzene rings is 1. The van der Waals surface area contributed by atoms with E-state index in [9.17, 15) is 8.42 Å². The number of unbranched alkanes of at least 4 members (excludes halogenated alkanes) is 13. The van der Waals surface area contributed by atoms with Crippen LogP contribution in [0.4, 0.5) is 0 Å². The molecule has 1 aromatic rings. The fraction of sp³-hybridized carbons (Fsp3) is 0.727. The van der Waals surface area contributed by atoms with Crippen LogP contribution in [-0.4, -0.2) is 15.0 Å². The highest BCUT2D eigenvalue weighted by molar-refractivity contribution is 7.86. The largest absolute Gasteiger partial charge is 0.298 e. The van der Waals surface area contributed by atoms with Gasteiger partial charge in [0, 0.05) is 5.02 Å². The molecule has 1 rings (SSSR count). The molecule has 1 aromatic carbocycles. The van der Waals surface area contributed by atoms with Crippen LogP contribution in [0.3, 0.4) is 0 Å². The number of halogens is 2. The normalized spacial score (nSPS) is 11.8. The Morgan fingerprint density at radius 3 is 1.71 bits per heavy atom. The molecule has 28 heavy (non-hydrogen) atoms. The summed E-state index contributed by atoms with van der Waals surface area (Å²) in [6.07, 6.45) is 17.6. The number of rotatable bonds is 17. The third-order valence-electron chi connectivity index (χ3n) is 4.90. The summed E-state index contributed by atoms with van der Waals surface area (Å²) in [5.41, 5.74) is 0. The van der Waals surface area contributed by atoms with Crippen LogP contribution in [0.2, 0.25) is 10.0 Å². The van der Waals surface area contributed by atoms with Crippen molar-refractivity contribution in [3.63, 3.8) is 0 Å². The average Bonchev–Trinajstić information content (AvgIpc) is 2.66. The molecule has 0 N–H and O–H groups in total. The van der Waals surface area contributed by atoms with E-state index in [4.69, 9.17) is 27.4 Å². The summed E-state index contributed by atoms with van der Waals surface area (Å²) >= 11 is 11.8. The Labute approximate surface area is 182 Å². The van der Waals surface area contributed by atoms with Crippen molar-refractivity contribution >= 4 is 33.3 Å². The third-order valence-corrected chi connectivity index (χ3v) is 6.93. The van der Waals surface area contributed by atoms with E-state index >= 15 is 0 Å². The average molecular weight is 452 g/mol. The van der Waals surface area contributed by atoms with Crippen LogP contribution in [0.25, 0.3) is 0 Å². The smallest absolute Gasteiger partial charge is 0.266 e. The van der Waals surface area contributed by atoms with E-state index in [2.05, 4.69) is 6.92 Å². The molecule has 0 saturated carbocycles. The molecular formula is C22H36Cl2O3S. The zero-order chi connectivity index (χ0) is 20.7. The van der Waals surface area contributed by atoms with Crippen LogP contribution < -0.4 is 0 Å². The molecule has 0 spiro atoms. The van der Waals surface area contributed by atoms with Gasteiger partial charge in [-0.2, -0.15) is 8.42 Å². The molecule has 0 aliphatic carbocycles. The first-order chi connectivity index (χ1) is 13.5. The molecule has 0 unspecified atom stereocenters. The highest BCUT2D eigenvalue weighted by Gasteiger charge is 2.19. The standard InChI is InChI=1S/C22H36Cl2O3S/c1-2-3-4-5-6-7-8-9-10-11-12-13-14-15-18-27-28(25,26)22-19-20(23)16-17-21(22)24/h16-17,19H,2-15,18H2,1H3. The Morgan fingerprint density at radius 2 is 1.21 bits per heavy atom. The Kier molecular flexibility index (Phi) is 14.3. The second-order valence-corrected chi connectivity index (χ2v) is 9.87. The highest BCUT2D eigenvalue weighted by atomic mass is 35.5. The van der Waals surface area contributed by atoms with E-state index < -0.39 is 10.1 Å². The molecule has 0 bridgehead atoms. The van der Waals surface area contributed by atoms with Crippen molar-refractivity contribution < 1.29 is 12.6 Å². The third kappa shape index (κ3) is 11.6. The Balaban J connectivity index is 1.98. The van der Waals surface area contributed by atoms with Gasteiger partial charge in [-0.15, -0.1) is 0 Å². The van der Waals surface area contributed by atoms with Gasteiger partial charge in [0.1, 0.15) is 4.90 Å². The van der Waals surface area contributed by atoms with E-state index in [1.807, 2.05) is 0 Å². The van der Waals surface area contributed by atoms with Crippen LogP contribution in [0.5, 0.6) is 0 Å². The lowest BCUT2D eigenvalue weighted by Gasteiger charge is -2.08. The molecule has 0 fully saturated rings. The summed E-state index contributed by atoms with van der Waals surface area (Å²) in [5, 5.41) is 0.452. The predicted octanol–water partition coefficient (Wildman–Crippen LogP) is 8.18. The van der Waals surface area contributed by atoms with Gasteiger partial charge in [0.25, 0.3) is 10.1 Å². The zero-order valence-electron chi connectivity index (χ0n) is 17.2. The molecule has 0 heterocycles. The van der Waals surface area contributed by atoms with Crippen LogP contribution in [0.1, 0.15) is 96.8 Å². The Hall–Kier alpha value is -0.290. The summed E-state index contributed by atoms with van der Waals surface area (Å²) in [6.45, 7) is 2.44. The van der Waals surface area contributed by atoms with Gasteiger partial charge in [0.2, 0.25) is 0 Å². The lowest BCUT2D eigenvalue weighted by molar-refractivity contribution is 0.306. The molecule has 0 aliphatic rings. The van der Waals surface area contributed by atoms with Gasteiger partial charge in [0.15, 0.2) is 0 Å². The second-order valence-electron chi connectivity index (χ2n) is 7.45. The van der Waals surface area contributed by atoms with Crippen molar-refractivity contribution in [3.05, 3.63) is 28.2 Å². The van der Waals surface area contributed by atoms with Crippen LogP contribution in [0.15, 0.2) is 23.1 Å². The minimum Gasteiger partial charge on any atom is -0.266 e. The van der Waals surface area contributed by atoms with E-state index in [-0.39, 0.29) is 16.5 Å². The van der Waals surface area contributed by atoms with Gasteiger partial charge in [-0.25, -0.2) is 0 Å². The Morgan fingerprint density at radius 1 is 0.750 bits per heavy atom. The fourth-order valence-corrected chi connectivity index (χ4v) is 4.88. The molecular weight excluding hydrogens is 415 g/mol. The van der Waals surface area contributed by atoms with E-state index in [1.165, 1.54) is 82.8 Å². The van der Waals surface area contributed by atoms with Crippen molar-refractivity contribution in [1.29, 1.82) is 0 Å². The molecule has 3 nitrogen and oxygen atoms in total. The molecule has 0 amide bonds. The lowest BCUT2D eigenvalue weighted by Crippen LogP contribution is -2.08. The first-order valence-electron chi connectivity index (χ1n) is 10.8. The van der Waals surface area contributed by atoms with Crippen molar-refractivity contribution in [2.45, 2.75) is 102 Å². The molecule has 0 aliphatic heterocycles. The maximum absolute atomic E-state index is 12.2. The van der Waals surface area contributed by atoms with Crippen LogP contribution in [0, 0.1) is 0 Å². The minimum atomic E-state index is -3.85. The molecule has 162 valence electrons. The van der Waals surface area contributed by atoms with Gasteiger partial charge in [-0.1, -0.05) is 114 Å². The number of hydrogen-bond acceptors (Lipinski definition) is 3. The molecule has 0 aromatic heterocycles. The predicted molar refractivity (Wildman–Crippen MR) is 120 cm³/mol. The topological polar surface area (TPSA) is 43.4 Å². The summed E-state index contributed by atoms with van der Waals surface area (Å²) in [6, 6.07) is 4.34. The van der Waals surface area contributed by atoms with Gasteiger partial charge in [-0.05, 0) is 24.6 Å². The first kappa shape index (κ1) is 25.7. The quantitative estimate of drug-likeness (QED) is 0.177. The highest BCUT2D eigenvalue weighted by Crippen LogP contribution is 2.26. The van der Waals surface area contributed by atoms with Crippen molar-refractivity contribution in [2.75, 3.05) is 6.61 Å². The molecule has 0 saturated heterocycles. The van der Waals surface area contributed by atoms with Gasteiger partial charge < -0.3 is 0 Å². The maximum atomic E-state index is 12.2. The van der Waals surface area contributed by atoms with Crippen molar-refractivity contribution in [2.24, 2.45) is 0 Å². The minimum absolute atomic E-state index is 0.0629. The van der Waals surface area contributed by atoms with Gasteiger partial charge in [0.05, 0.1) is 11.6 Å². The van der Waals surface area contributed by atoms with E-state index in [1.54, 1.807) is 6.07 Å². The SMILES string of the molecule is CCCCCCCCCCCCCCCCOS(=O)(=O)c1cc(Cl)ccc1Cl. The fourth-order valence-electron chi connectivity index (χ4n) is 3.20. The molecule has 0 radical (unpaired) electrons. The zero-order valence-corrected chi connectivity index (χ0v) is 19.6. The van der Waals surface area contributed by atoms with Gasteiger partial charge >= 0.3 is 0 Å². The lowest BCUT2D eigenvalue weighted by atomic mass is 10.0. The monoisotopic (exact) mass is 450 g/mol. The summed E-state index contributed by atoms with van der Waals surface area (Å²) in [5.74, 6) is 0. The van der Waals surface area contributed by atoms with Crippen molar-refractivity contribution in [1.82, 2.24) is 0 Å². The van der Waals surface area contributed by atoms with Crippen molar-refractivity contribution in [3.8, 4) is 0 Å². The molecule has 6 heteroatoms. The second kappa shape index (κ2) is 15.5. The maximum Gasteiger partial charge on any atom is 0.298 e. The van der Waals surface area contributed by atoms with Crippen LogP contribution in [-0.2, 0) is 14.3 Å². The molecule has 0 atom stereocenters. The summed E-state index contributed by atoms with van der Waals surface area (Å²) < 4.78 is 29.4. The Bertz CT molecular complexity index is 633.